The summed E-state index contributed by atoms with van der Waals surface area (Å²) in [5, 5.41) is 15.5. The number of aromatic nitrogens is 1. The number of nitrogens with two attached hydrogens (primary N) is 1. The number of carboxylic acid groups (broad SMARTS) is 1. The molecule has 1 aliphatic rings. The number of anilines is 3. The second-order valence-corrected chi connectivity index (χ2v) is 13.7. The number of nitrogen functional groups attached to an aromatic ring is 1. The Morgan fingerprint density at radius 1 is 1.08 bits per heavy atom. The lowest BCUT2D eigenvalue weighted by Gasteiger charge is -2.19. The van der Waals surface area contributed by atoms with Crippen molar-refractivity contribution in [2.45, 2.75) is 48.4 Å². The van der Waals surface area contributed by atoms with Crippen LogP contribution in [0, 0.1) is 11.6 Å². The van der Waals surface area contributed by atoms with Gasteiger partial charge >= 0.3 is 5.97 Å². The number of hydrogen-bond acceptors (Lipinski definition) is 9. The number of amides is 2. The third-order valence-corrected chi connectivity index (χ3v) is 10.3. The zero-order valence-electron chi connectivity index (χ0n) is 26.0. The van der Waals surface area contributed by atoms with Crippen LogP contribution in [-0.2, 0) is 37.2 Å². The number of nitrogens with one attached hydrogen (secondary N) is 2. The predicted octanol–water partition coefficient (Wildman–Crippen LogP) is 4.44. The van der Waals surface area contributed by atoms with Crippen LogP contribution in [-0.4, -0.2) is 61.1 Å². The average Bonchev–Trinajstić information content (AvgIpc) is 3.91. The fraction of sp³-hybridized carbons (Fsp3) is 0.273. The van der Waals surface area contributed by atoms with Gasteiger partial charge in [-0.15, -0.1) is 0 Å². The number of fused-ring (bicyclic) bond motifs is 1. The van der Waals surface area contributed by atoms with Crippen LogP contribution in [0.1, 0.15) is 42.0 Å². The molecule has 15 heteroatoms. The van der Waals surface area contributed by atoms with E-state index in [-0.39, 0.29) is 58.0 Å². The second kappa shape index (κ2) is 13.8. The van der Waals surface area contributed by atoms with Gasteiger partial charge in [-0.2, -0.15) is 0 Å². The number of ether oxygens (including phenoxy) is 1. The van der Waals surface area contributed by atoms with Crippen LogP contribution in [0.25, 0.3) is 10.8 Å². The molecule has 0 aliphatic heterocycles. The number of methoxy groups -OCH3 is 1. The molecule has 1 unspecified atom stereocenters. The zero-order chi connectivity index (χ0) is 34.7. The summed E-state index contributed by atoms with van der Waals surface area (Å²) in [6.45, 7) is 0.00987. The number of benzene rings is 3. The van der Waals surface area contributed by atoms with Crippen LogP contribution in [0.4, 0.5) is 26.0 Å². The predicted molar refractivity (Wildman–Crippen MR) is 174 cm³/mol. The fourth-order valence-electron chi connectivity index (χ4n) is 5.42. The Morgan fingerprint density at radius 2 is 1.81 bits per heavy atom. The number of pyridine rings is 1. The van der Waals surface area contributed by atoms with Gasteiger partial charge in [-0.05, 0) is 84.5 Å². The normalized spacial score (nSPS) is 13.5. The lowest BCUT2D eigenvalue weighted by molar-refractivity contribution is -0.138. The number of rotatable bonds is 14. The smallest absolute Gasteiger partial charge is 0.330 e. The highest BCUT2D eigenvalue weighted by Crippen LogP contribution is 2.36. The average molecular weight is 682 g/mol. The summed E-state index contributed by atoms with van der Waals surface area (Å²) in [6, 6.07) is 9.69. The van der Waals surface area contributed by atoms with Crippen LogP contribution in [0.5, 0.6) is 5.75 Å². The van der Waals surface area contributed by atoms with E-state index < -0.39 is 44.6 Å². The van der Waals surface area contributed by atoms with Crippen molar-refractivity contribution < 1.29 is 41.4 Å². The molecule has 1 fully saturated rings. The van der Waals surface area contributed by atoms with Gasteiger partial charge in [-0.3, -0.25) is 9.59 Å². The van der Waals surface area contributed by atoms with Crippen molar-refractivity contribution in [3.05, 3.63) is 83.1 Å². The largest absolute Gasteiger partial charge is 0.493 e. The minimum atomic E-state index is -3.58. The fourth-order valence-corrected chi connectivity index (χ4v) is 7.29. The maximum absolute atomic E-state index is 15.2. The molecule has 1 aromatic heterocycles. The Balaban J connectivity index is 1.35. The minimum Gasteiger partial charge on any atom is -0.493 e. The van der Waals surface area contributed by atoms with Crippen molar-refractivity contribution in [2.75, 3.05) is 30.5 Å². The number of aliphatic carboxylic acids is 1. The van der Waals surface area contributed by atoms with Crippen LogP contribution in [0.2, 0.25) is 0 Å². The first-order valence-electron chi connectivity index (χ1n) is 14.8. The number of carbonyl (C=O) groups excluding carboxylic acids is 2. The highest BCUT2D eigenvalue weighted by Gasteiger charge is 2.38. The molecule has 12 nitrogen and oxygen atoms in total. The summed E-state index contributed by atoms with van der Waals surface area (Å²) in [5.74, 6) is -3.41. The molecule has 0 spiro atoms. The van der Waals surface area contributed by atoms with Gasteiger partial charge in [0.1, 0.15) is 11.6 Å². The third kappa shape index (κ3) is 7.30. The van der Waals surface area contributed by atoms with E-state index in [4.69, 9.17) is 10.5 Å². The van der Waals surface area contributed by atoms with Crippen LogP contribution in [0.15, 0.2) is 59.6 Å². The Bertz CT molecular complexity index is 2020. The van der Waals surface area contributed by atoms with Gasteiger partial charge < -0.3 is 31.1 Å². The van der Waals surface area contributed by atoms with Gasteiger partial charge in [0, 0.05) is 42.2 Å². The molecule has 1 aliphatic carbocycles. The van der Waals surface area contributed by atoms with Gasteiger partial charge in [-0.1, -0.05) is 0 Å². The topological polar surface area (TPSA) is 181 Å². The monoisotopic (exact) mass is 681 g/mol. The van der Waals surface area contributed by atoms with Gasteiger partial charge in [0.05, 0.1) is 23.5 Å². The molecule has 0 radical (unpaired) electrons. The molecular formula is C33H33F2N5O7S. The van der Waals surface area contributed by atoms with E-state index in [0.29, 0.717) is 35.9 Å². The number of carbonyl (C=O) groups is 3. The highest BCUT2D eigenvalue weighted by atomic mass is 32.2. The molecule has 5 N–H and O–H groups in total. The lowest BCUT2D eigenvalue weighted by atomic mass is 9.99. The zero-order valence-corrected chi connectivity index (χ0v) is 26.8. The van der Waals surface area contributed by atoms with E-state index in [1.807, 2.05) is 0 Å². The highest BCUT2D eigenvalue weighted by molar-refractivity contribution is 7.92. The Kier molecular flexibility index (Phi) is 9.79. The van der Waals surface area contributed by atoms with Crippen LogP contribution >= 0.6 is 0 Å². The number of nitrogens with zero attached hydrogens (tertiary/aromatic N) is 2. The van der Waals surface area contributed by atoms with E-state index in [9.17, 15) is 32.3 Å². The number of carboxylic acids is 1. The van der Waals surface area contributed by atoms with Crippen LogP contribution < -0.4 is 21.1 Å². The first-order valence-corrected chi connectivity index (χ1v) is 16.4. The molecule has 48 heavy (non-hydrogen) atoms. The standard InChI is InChI=1S/C33H33F2N5O7S/c1-40(17-41)16-20-12-21(5-9-28(20)48(45,46)23-6-7-23)38-29(42)10-3-18-11-19(13-26(34)31(18)47-2)30(33(43)44)39-22-4-8-24-25(14-22)27(35)15-37-32(24)36/h4-5,8-9,11-15,17,23,30,39H,3,6-7,10,16H2,1-2H3,(H2,36,37)(H,38,42)(H,43,44). The van der Waals surface area contributed by atoms with Gasteiger partial charge in [0.2, 0.25) is 12.3 Å². The number of hydrogen-bond donors (Lipinski definition) is 4. The van der Waals surface area contributed by atoms with Gasteiger partial charge in [-0.25, -0.2) is 27.0 Å². The van der Waals surface area contributed by atoms with Crippen molar-refractivity contribution in [1.29, 1.82) is 0 Å². The molecule has 252 valence electrons. The molecule has 3 aromatic carbocycles. The summed E-state index contributed by atoms with van der Waals surface area (Å²) in [4.78, 5) is 41.7. The summed E-state index contributed by atoms with van der Waals surface area (Å²) in [6.07, 6.45) is 2.44. The Morgan fingerprint density at radius 3 is 2.48 bits per heavy atom. The number of halogens is 2. The molecule has 1 saturated carbocycles. The third-order valence-electron chi connectivity index (χ3n) is 7.94. The molecule has 1 atom stereocenters. The van der Waals surface area contributed by atoms with Crippen molar-refractivity contribution in [2.24, 2.45) is 0 Å². The van der Waals surface area contributed by atoms with E-state index in [1.54, 1.807) is 0 Å². The van der Waals surface area contributed by atoms with Crippen molar-refractivity contribution in [3.8, 4) is 5.75 Å². The minimum absolute atomic E-state index is 0.00987. The molecule has 5 rings (SSSR count). The molecule has 2 amide bonds. The van der Waals surface area contributed by atoms with E-state index >= 15 is 4.39 Å². The maximum Gasteiger partial charge on any atom is 0.330 e. The maximum atomic E-state index is 15.2. The Hall–Kier alpha value is -5.31. The molecule has 4 aromatic rings. The summed E-state index contributed by atoms with van der Waals surface area (Å²) < 4.78 is 60.8. The van der Waals surface area contributed by atoms with E-state index in [0.717, 1.165) is 12.3 Å². The molecular weight excluding hydrogens is 648 g/mol. The molecule has 0 saturated heterocycles. The first-order chi connectivity index (χ1) is 22.8. The number of aryl methyl sites for hydroxylation is 1. The van der Waals surface area contributed by atoms with Crippen molar-refractivity contribution >= 4 is 56.1 Å². The van der Waals surface area contributed by atoms with Crippen molar-refractivity contribution in [1.82, 2.24) is 9.88 Å². The summed E-state index contributed by atoms with van der Waals surface area (Å²) in [5.41, 5.74) is 6.94. The second-order valence-electron chi connectivity index (χ2n) is 11.5. The quantitative estimate of drug-likeness (QED) is 0.139. The summed E-state index contributed by atoms with van der Waals surface area (Å²) >= 11 is 0. The SMILES string of the molecule is COc1c(F)cc(C(Nc2ccc3c(N)ncc(F)c3c2)C(=O)O)cc1CCC(=O)Nc1ccc(S(=O)(=O)C2CC2)c(CN(C)C=O)c1. The van der Waals surface area contributed by atoms with E-state index in [1.165, 1.54) is 61.5 Å². The van der Waals surface area contributed by atoms with Gasteiger partial charge in [0.25, 0.3) is 0 Å². The van der Waals surface area contributed by atoms with Crippen molar-refractivity contribution in [3.63, 3.8) is 0 Å². The first kappa shape index (κ1) is 34.0. The Labute approximate surface area is 274 Å². The summed E-state index contributed by atoms with van der Waals surface area (Å²) in [7, 11) is -0.830. The van der Waals surface area contributed by atoms with Gasteiger partial charge in [0.15, 0.2) is 27.4 Å². The molecule has 0 bridgehead atoms. The molecule has 1 heterocycles. The lowest BCUT2D eigenvalue weighted by Crippen LogP contribution is -2.21. The number of sulfone groups is 1. The van der Waals surface area contributed by atoms with Crippen LogP contribution in [0.3, 0.4) is 0 Å². The van der Waals surface area contributed by atoms with E-state index in [2.05, 4.69) is 15.6 Å².